The Hall–Kier alpha value is -1.35. The quantitative estimate of drug-likeness (QED) is 0.759. The molecule has 2 nitrogen and oxygen atoms in total. The smallest absolute Gasteiger partial charge is 0.254 e. The largest absolute Gasteiger partial charge is 0.335 e. The molecule has 2 aromatic carbocycles. The topological polar surface area (TPSA) is 20.3 Å². The van der Waals surface area contributed by atoms with Crippen LogP contribution in [0.3, 0.4) is 0 Å². The number of carbonyl (C=O) groups excluding carboxylic acids is 1. The van der Waals surface area contributed by atoms with E-state index < -0.39 is 0 Å². The maximum Gasteiger partial charge on any atom is 0.254 e. The molecule has 2 atom stereocenters. The molecule has 0 spiro atoms. The molecule has 2 aromatic rings. The highest BCUT2D eigenvalue weighted by Crippen LogP contribution is 2.27. The molecule has 1 saturated heterocycles. The fourth-order valence-corrected chi connectivity index (χ4v) is 3.97. The average Bonchev–Trinajstić information content (AvgIpc) is 2.86. The van der Waals surface area contributed by atoms with Gasteiger partial charge in [0.2, 0.25) is 0 Å². The van der Waals surface area contributed by atoms with Crippen LogP contribution in [0.15, 0.2) is 42.5 Å². The number of nitrogens with zero attached hydrogens (tertiary/aromatic N) is 1. The van der Waals surface area contributed by atoms with Crippen LogP contribution >= 0.6 is 15.9 Å². The lowest BCUT2D eigenvalue weighted by atomic mass is 10.0. The lowest BCUT2D eigenvalue weighted by molar-refractivity contribution is 0.0739. The van der Waals surface area contributed by atoms with E-state index in [-0.39, 0.29) is 5.91 Å². The molecule has 0 saturated carbocycles. The van der Waals surface area contributed by atoms with E-state index >= 15 is 0 Å². The number of halogens is 1. The number of hydrogen-bond acceptors (Lipinski definition) is 1. The van der Waals surface area contributed by atoms with Gasteiger partial charge < -0.3 is 4.90 Å². The van der Waals surface area contributed by atoms with Crippen molar-refractivity contribution >= 4 is 32.6 Å². The first-order valence-corrected chi connectivity index (χ1v) is 8.18. The summed E-state index contributed by atoms with van der Waals surface area (Å²) in [5, 5.41) is 3.16. The van der Waals surface area contributed by atoms with Crippen LogP contribution in [-0.2, 0) is 0 Å². The van der Waals surface area contributed by atoms with Crippen LogP contribution in [0.4, 0.5) is 0 Å². The molecular weight excluding hydrogens is 314 g/mol. The highest BCUT2D eigenvalue weighted by Gasteiger charge is 2.33. The fourth-order valence-electron chi connectivity index (χ4n) is 2.98. The molecule has 1 fully saturated rings. The lowest BCUT2D eigenvalue weighted by Crippen LogP contribution is -2.38. The van der Waals surface area contributed by atoms with Crippen molar-refractivity contribution in [3.63, 3.8) is 0 Å². The summed E-state index contributed by atoms with van der Waals surface area (Å²) in [4.78, 5) is 14.7. The third-order valence-corrected chi connectivity index (χ3v) is 4.96. The highest BCUT2D eigenvalue weighted by molar-refractivity contribution is 9.09. The number of likely N-dealkylation sites (tertiary alicyclic amines) is 1. The Morgan fingerprint density at radius 2 is 2.00 bits per heavy atom. The van der Waals surface area contributed by atoms with Crippen molar-refractivity contribution < 1.29 is 4.79 Å². The standard InChI is InChI=1S/C17H18BrNO/c1-12-8-9-19(16(12)11-18)17(20)15-7-6-13-4-2-3-5-14(13)10-15/h2-7,10,12,16H,8-9,11H2,1H3. The highest BCUT2D eigenvalue weighted by atomic mass is 79.9. The van der Waals surface area contributed by atoms with E-state index in [1.54, 1.807) is 0 Å². The molecule has 0 radical (unpaired) electrons. The molecule has 0 aliphatic carbocycles. The molecule has 20 heavy (non-hydrogen) atoms. The molecular formula is C17H18BrNO. The monoisotopic (exact) mass is 331 g/mol. The Balaban J connectivity index is 1.92. The van der Waals surface area contributed by atoms with Gasteiger partial charge in [0.15, 0.2) is 0 Å². The van der Waals surface area contributed by atoms with Gasteiger partial charge in [-0.05, 0) is 35.2 Å². The van der Waals surface area contributed by atoms with Gasteiger partial charge in [-0.3, -0.25) is 4.79 Å². The predicted molar refractivity (Wildman–Crippen MR) is 86.3 cm³/mol. The van der Waals surface area contributed by atoms with Crippen LogP contribution in [0, 0.1) is 5.92 Å². The van der Waals surface area contributed by atoms with E-state index in [4.69, 9.17) is 0 Å². The van der Waals surface area contributed by atoms with Crippen LogP contribution in [0.25, 0.3) is 10.8 Å². The van der Waals surface area contributed by atoms with Crippen molar-refractivity contribution in [3.05, 3.63) is 48.0 Å². The fraction of sp³-hybridized carbons (Fsp3) is 0.353. The average molecular weight is 332 g/mol. The number of rotatable bonds is 2. The van der Waals surface area contributed by atoms with Crippen LogP contribution < -0.4 is 0 Å². The maximum absolute atomic E-state index is 12.7. The number of carbonyl (C=O) groups is 1. The summed E-state index contributed by atoms with van der Waals surface area (Å²) in [5.41, 5.74) is 0.795. The van der Waals surface area contributed by atoms with Gasteiger partial charge in [0.1, 0.15) is 0 Å². The SMILES string of the molecule is CC1CCN(C(=O)c2ccc3ccccc3c2)C1CBr. The summed E-state index contributed by atoms with van der Waals surface area (Å²) in [7, 11) is 0. The summed E-state index contributed by atoms with van der Waals surface area (Å²) < 4.78 is 0. The zero-order valence-electron chi connectivity index (χ0n) is 11.6. The minimum atomic E-state index is 0.157. The van der Waals surface area contributed by atoms with Crippen molar-refractivity contribution in [1.82, 2.24) is 4.90 Å². The second-order valence-corrected chi connectivity index (χ2v) is 6.20. The molecule has 1 amide bonds. The van der Waals surface area contributed by atoms with Gasteiger partial charge in [-0.1, -0.05) is 53.2 Å². The molecule has 0 bridgehead atoms. The number of alkyl halides is 1. The molecule has 3 heteroatoms. The third-order valence-electron chi connectivity index (χ3n) is 4.30. The van der Waals surface area contributed by atoms with E-state index in [9.17, 15) is 4.79 Å². The van der Waals surface area contributed by atoms with E-state index in [0.717, 1.165) is 29.2 Å². The van der Waals surface area contributed by atoms with E-state index in [2.05, 4.69) is 35.0 Å². The van der Waals surface area contributed by atoms with Gasteiger partial charge in [-0.25, -0.2) is 0 Å². The van der Waals surface area contributed by atoms with Gasteiger partial charge in [-0.2, -0.15) is 0 Å². The Kier molecular flexibility index (Phi) is 3.79. The number of amides is 1. The molecule has 1 aliphatic rings. The maximum atomic E-state index is 12.7. The molecule has 3 rings (SSSR count). The summed E-state index contributed by atoms with van der Waals surface area (Å²) in [6.07, 6.45) is 1.09. The van der Waals surface area contributed by atoms with Gasteiger partial charge in [0.05, 0.1) is 0 Å². The van der Waals surface area contributed by atoms with E-state index in [1.165, 1.54) is 5.39 Å². The molecule has 0 aromatic heterocycles. The Bertz CT molecular complexity index is 640. The molecule has 2 unspecified atom stereocenters. The summed E-state index contributed by atoms with van der Waals surface area (Å²) in [6.45, 7) is 3.09. The molecule has 104 valence electrons. The summed E-state index contributed by atoms with van der Waals surface area (Å²) in [5.74, 6) is 0.725. The first kappa shape index (κ1) is 13.6. The number of benzene rings is 2. The second-order valence-electron chi connectivity index (χ2n) is 5.55. The Morgan fingerprint density at radius 3 is 2.75 bits per heavy atom. The summed E-state index contributed by atoms with van der Waals surface area (Å²) in [6, 6.07) is 14.5. The number of hydrogen-bond donors (Lipinski definition) is 0. The Labute approximate surface area is 127 Å². The third kappa shape index (κ3) is 2.35. The zero-order chi connectivity index (χ0) is 14.1. The van der Waals surface area contributed by atoms with E-state index in [0.29, 0.717) is 12.0 Å². The van der Waals surface area contributed by atoms with Crippen molar-refractivity contribution in [1.29, 1.82) is 0 Å². The van der Waals surface area contributed by atoms with Gasteiger partial charge in [-0.15, -0.1) is 0 Å². The van der Waals surface area contributed by atoms with Gasteiger partial charge >= 0.3 is 0 Å². The lowest BCUT2D eigenvalue weighted by Gasteiger charge is -2.25. The normalized spacial score (nSPS) is 22.4. The summed E-state index contributed by atoms with van der Waals surface area (Å²) >= 11 is 3.54. The van der Waals surface area contributed by atoms with Gasteiger partial charge in [0.25, 0.3) is 5.91 Å². The van der Waals surface area contributed by atoms with E-state index in [1.807, 2.05) is 35.2 Å². The van der Waals surface area contributed by atoms with Crippen LogP contribution in [0.2, 0.25) is 0 Å². The minimum absolute atomic E-state index is 0.157. The zero-order valence-corrected chi connectivity index (χ0v) is 13.1. The van der Waals surface area contributed by atoms with Crippen LogP contribution in [0.1, 0.15) is 23.7 Å². The molecule has 1 heterocycles. The molecule has 1 aliphatic heterocycles. The molecule has 0 N–H and O–H groups in total. The Morgan fingerprint density at radius 1 is 1.25 bits per heavy atom. The van der Waals surface area contributed by atoms with Crippen LogP contribution in [-0.4, -0.2) is 28.7 Å². The van der Waals surface area contributed by atoms with Crippen molar-refractivity contribution in [2.24, 2.45) is 5.92 Å². The predicted octanol–water partition coefficient (Wildman–Crippen LogP) is 4.09. The second kappa shape index (κ2) is 5.57. The van der Waals surface area contributed by atoms with Crippen molar-refractivity contribution in [2.45, 2.75) is 19.4 Å². The number of fused-ring (bicyclic) bond motifs is 1. The van der Waals surface area contributed by atoms with Crippen molar-refractivity contribution in [3.8, 4) is 0 Å². The first-order valence-electron chi connectivity index (χ1n) is 7.06. The minimum Gasteiger partial charge on any atom is -0.335 e. The van der Waals surface area contributed by atoms with Crippen LogP contribution in [0.5, 0.6) is 0 Å². The van der Waals surface area contributed by atoms with Gasteiger partial charge in [0, 0.05) is 23.5 Å². The first-order chi connectivity index (χ1) is 9.70. The van der Waals surface area contributed by atoms with Crippen molar-refractivity contribution in [2.75, 3.05) is 11.9 Å².